The number of nitrogens with one attached hydrogen (secondary N) is 1. The maximum Gasteiger partial charge on any atom is 0.251 e. The number of nitrogens with zero attached hydrogens (tertiary/aromatic N) is 2. The molecule has 2 rings (SSSR count). The number of carbonyl (C=O) groups is 1. The summed E-state index contributed by atoms with van der Waals surface area (Å²) in [6.45, 7) is 4.39. The van der Waals surface area contributed by atoms with Gasteiger partial charge < -0.3 is 15.0 Å². The van der Waals surface area contributed by atoms with Crippen molar-refractivity contribution < 1.29 is 9.90 Å². The third kappa shape index (κ3) is 3.95. The van der Waals surface area contributed by atoms with Crippen LogP contribution in [0.5, 0.6) is 0 Å². The molecule has 1 heterocycles. The Morgan fingerprint density at radius 1 is 1.27 bits per heavy atom. The maximum absolute atomic E-state index is 12.1. The lowest BCUT2D eigenvalue weighted by molar-refractivity contribution is 0.0816. The van der Waals surface area contributed by atoms with Crippen LogP contribution >= 0.6 is 0 Å². The first-order chi connectivity index (χ1) is 10.7. The summed E-state index contributed by atoms with van der Waals surface area (Å²) < 4.78 is 1.87. The fraction of sp³-hybridized carbons (Fsp3) is 0.412. The van der Waals surface area contributed by atoms with Gasteiger partial charge in [-0.1, -0.05) is 26.7 Å². The van der Waals surface area contributed by atoms with Gasteiger partial charge in [0.05, 0.1) is 12.4 Å². The molecule has 5 nitrogen and oxygen atoms in total. The predicted octanol–water partition coefficient (Wildman–Crippen LogP) is 2.40. The average molecular weight is 301 g/mol. The zero-order valence-electron chi connectivity index (χ0n) is 13.1. The number of hydrogen-bond acceptors (Lipinski definition) is 3. The molecule has 5 heteroatoms. The Morgan fingerprint density at radius 2 is 1.95 bits per heavy atom. The second kappa shape index (κ2) is 7.75. The lowest BCUT2D eigenvalue weighted by Crippen LogP contribution is -2.36. The van der Waals surface area contributed by atoms with Crippen LogP contribution in [0.2, 0.25) is 0 Å². The van der Waals surface area contributed by atoms with Gasteiger partial charge in [-0.15, -0.1) is 0 Å². The van der Waals surface area contributed by atoms with Crippen LogP contribution in [0.1, 0.15) is 37.0 Å². The maximum atomic E-state index is 12.1. The van der Waals surface area contributed by atoms with E-state index < -0.39 is 6.10 Å². The number of rotatable bonds is 7. The Labute approximate surface area is 131 Å². The van der Waals surface area contributed by atoms with Crippen molar-refractivity contribution in [3.63, 3.8) is 0 Å². The highest BCUT2D eigenvalue weighted by molar-refractivity contribution is 5.94. The Morgan fingerprint density at radius 3 is 2.50 bits per heavy atom. The summed E-state index contributed by atoms with van der Waals surface area (Å²) in [5.41, 5.74) is 1.53. The van der Waals surface area contributed by atoms with E-state index in [1.807, 2.05) is 36.7 Å². The highest BCUT2D eigenvalue weighted by Gasteiger charge is 2.16. The minimum atomic E-state index is -0.496. The monoisotopic (exact) mass is 301 g/mol. The lowest BCUT2D eigenvalue weighted by Gasteiger charge is -2.20. The molecule has 1 atom stereocenters. The summed E-state index contributed by atoms with van der Waals surface area (Å²) in [6.07, 6.45) is 6.59. The molecule has 0 spiro atoms. The molecule has 0 aliphatic carbocycles. The number of aromatic nitrogens is 2. The molecule has 2 N–H and O–H groups in total. The van der Waals surface area contributed by atoms with Crippen molar-refractivity contribution in [3.05, 3.63) is 48.5 Å². The van der Waals surface area contributed by atoms with E-state index in [1.165, 1.54) is 0 Å². The molecule has 0 fully saturated rings. The molecule has 22 heavy (non-hydrogen) atoms. The van der Waals surface area contributed by atoms with E-state index in [9.17, 15) is 9.90 Å². The summed E-state index contributed by atoms with van der Waals surface area (Å²) in [7, 11) is 0. The van der Waals surface area contributed by atoms with Gasteiger partial charge in [-0.25, -0.2) is 4.98 Å². The van der Waals surface area contributed by atoms with E-state index in [-0.39, 0.29) is 18.4 Å². The van der Waals surface area contributed by atoms with Crippen molar-refractivity contribution in [1.82, 2.24) is 14.9 Å². The third-order valence-electron chi connectivity index (χ3n) is 4.00. The second-order valence-corrected chi connectivity index (χ2v) is 5.37. The lowest BCUT2D eigenvalue weighted by atomic mass is 9.96. The van der Waals surface area contributed by atoms with Crippen molar-refractivity contribution in [3.8, 4) is 5.69 Å². The predicted molar refractivity (Wildman–Crippen MR) is 86.0 cm³/mol. The van der Waals surface area contributed by atoms with Gasteiger partial charge in [0.1, 0.15) is 0 Å². The Bertz CT molecular complexity index is 574. The summed E-state index contributed by atoms with van der Waals surface area (Å²) in [5, 5.41) is 12.8. The minimum absolute atomic E-state index is 0.165. The first kappa shape index (κ1) is 16.2. The van der Waals surface area contributed by atoms with E-state index in [0.29, 0.717) is 5.56 Å². The zero-order chi connectivity index (χ0) is 15.9. The average Bonchev–Trinajstić information content (AvgIpc) is 3.08. The SMILES string of the molecule is CCC(CC)C(O)CNC(=O)c1ccc(-n2ccnc2)cc1. The summed E-state index contributed by atoms with van der Waals surface area (Å²) in [5.74, 6) is 0.0612. The van der Waals surface area contributed by atoms with Crippen LogP contribution in [0.15, 0.2) is 43.0 Å². The largest absolute Gasteiger partial charge is 0.391 e. The minimum Gasteiger partial charge on any atom is -0.391 e. The highest BCUT2D eigenvalue weighted by Crippen LogP contribution is 2.13. The third-order valence-corrected chi connectivity index (χ3v) is 4.00. The van der Waals surface area contributed by atoms with E-state index in [2.05, 4.69) is 10.3 Å². The first-order valence-corrected chi connectivity index (χ1v) is 7.70. The van der Waals surface area contributed by atoms with E-state index in [4.69, 9.17) is 0 Å². The molecule has 118 valence electrons. The van der Waals surface area contributed by atoms with Crippen LogP contribution in [0, 0.1) is 5.92 Å². The van der Waals surface area contributed by atoms with Crippen LogP contribution in [0.25, 0.3) is 5.69 Å². The fourth-order valence-electron chi connectivity index (χ4n) is 2.50. The number of carbonyl (C=O) groups excluding carboxylic acids is 1. The molecule has 1 aromatic heterocycles. The van der Waals surface area contributed by atoms with Gasteiger partial charge in [-0.3, -0.25) is 4.79 Å². The summed E-state index contributed by atoms with van der Waals surface area (Å²) >= 11 is 0. The van der Waals surface area contributed by atoms with E-state index in [0.717, 1.165) is 18.5 Å². The second-order valence-electron chi connectivity index (χ2n) is 5.37. The first-order valence-electron chi connectivity index (χ1n) is 7.70. The van der Waals surface area contributed by atoms with Gasteiger partial charge in [0.25, 0.3) is 5.91 Å². The molecule has 1 amide bonds. The van der Waals surface area contributed by atoms with Gasteiger partial charge in [-0.2, -0.15) is 0 Å². The highest BCUT2D eigenvalue weighted by atomic mass is 16.3. The molecule has 0 radical (unpaired) electrons. The van der Waals surface area contributed by atoms with Crippen LogP contribution in [0.4, 0.5) is 0 Å². The number of aliphatic hydroxyl groups is 1. The van der Waals surface area contributed by atoms with Crippen molar-refractivity contribution >= 4 is 5.91 Å². The normalized spacial score (nSPS) is 12.4. The molecule has 0 aliphatic heterocycles. The smallest absolute Gasteiger partial charge is 0.251 e. The molecule has 0 aliphatic rings. The molecule has 0 saturated heterocycles. The molecule has 2 aromatic rings. The summed E-state index contributed by atoms with van der Waals surface area (Å²) in [4.78, 5) is 16.1. The van der Waals surface area contributed by atoms with Crippen LogP contribution < -0.4 is 5.32 Å². The van der Waals surface area contributed by atoms with Crippen molar-refractivity contribution in [2.24, 2.45) is 5.92 Å². The van der Waals surface area contributed by atoms with Crippen molar-refractivity contribution in [2.45, 2.75) is 32.8 Å². The Kier molecular flexibility index (Phi) is 5.72. The zero-order valence-corrected chi connectivity index (χ0v) is 13.1. The van der Waals surface area contributed by atoms with Gasteiger partial charge in [-0.05, 0) is 30.2 Å². The fourth-order valence-corrected chi connectivity index (χ4v) is 2.50. The molecular formula is C17H23N3O2. The van der Waals surface area contributed by atoms with Gasteiger partial charge in [0.2, 0.25) is 0 Å². The van der Waals surface area contributed by atoms with Crippen LogP contribution in [-0.2, 0) is 0 Å². The number of amides is 1. The van der Waals surface area contributed by atoms with Gasteiger partial charge in [0.15, 0.2) is 0 Å². The van der Waals surface area contributed by atoms with E-state index in [1.54, 1.807) is 24.7 Å². The van der Waals surface area contributed by atoms with Crippen molar-refractivity contribution in [2.75, 3.05) is 6.54 Å². The molecular weight excluding hydrogens is 278 g/mol. The standard InChI is InChI=1S/C17H23N3O2/c1-3-13(4-2)16(21)11-19-17(22)14-5-7-15(8-6-14)20-10-9-18-12-20/h5-10,12-13,16,21H,3-4,11H2,1-2H3,(H,19,22). The molecule has 1 aromatic carbocycles. The van der Waals surface area contributed by atoms with Gasteiger partial charge in [0, 0.05) is 30.2 Å². The number of hydrogen-bond donors (Lipinski definition) is 2. The molecule has 0 saturated carbocycles. The number of benzene rings is 1. The topological polar surface area (TPSA) is 67.2 Å². The van der Waals surface area contributed by atoms with Gasteiger partial charge >= 0.3 is 0 Å². The molecule has 0 bridgehead atoms. The number of imidazole rings is 1. The van der Waals surface area contributed by atoms with Crippen LogP contribution in [0.3, 0.4) is 0 Å². The molecule has 1 unspecified atom stereocenters. The van der Waals surface area contributed by atoms with Crippen LogP contribution in [-0.4, -0.2) is 33.2 Å². The Balaban J connectivity index is 1.93. The quantitative estimate of drug-likeness (QED) is 0.825. The Hall–Kier alpha value is -2.14. The number of aliphatic hydroxyl groups excluding tert-OH is 1. The van der Waals surface area contributed by atoms with E-state index >= 15 is 0 Å². The summed E-state index contributed by atoms with van der Waals surface area (Å²) in [6, 6.07) is 7.28. The van der Waals surface area contributed by atoms with Crippen molar-refractivity contribution in [1.29, 1.82) is 0 Å².